The summed E-state index contributed by atoms with van der Waals surface area (Å²) >= 11 is 3.06. The zero-order valence-corrected chi connectivity index (χ0v) is 13.9. The number of nitrogens with zero attached hydrogens (tertiary/aromatic N) is 2. The molecule has 0 aliphatic heterocycles. The average Bonchev–Trinajstić information content (AvgIpc) is 3.15. The molecule has 0 aliphatic rings. The molecule has 1 amide bonds. The van der Waals surface area contributed by atoms with Crippen LogP contribution in [0.1, 0.15) is 37.0 Å². The molecule has 22 heavy (non-hydrogen) atoms. The molecule has 3 aromatic rings. The van der Waals surface area contributed by atoms with Crippen molar-refractivity contribution < 1.29 is 4.79 Å². The normalized spacial score (nSPS) is 12.1. The van der Waals surface area contributed by atoms with E-state index in [1.165, 1.54) is 22.7 Å². The zero-order chi connectivity index (χ0) is 15.5. The maximum Gasteiger partial charge on any atom is 0.271 e. The van der Waals surface area contributed by atoms with Gasteiger partial charge in [-0.2, -0.15) is 0 Å². The lowest BCUT2D eigenvalue weighted by atomic mass is 10.1. The Labute approximate surface area is 136 Å². The van der Waals surface area contributed by atoms with Gasteiger partial charge in [-0.1, -0.05) is 30.3 Å². The molecular weight excluding hydrogens is 314 g/mol. The SMILES string of the molecule is Cc1nc(C(=O)NC(c2ccccc2)c2nccs2)c(C)s1. The predicted octanol–water partition coefficient (Wildman–Crippen LogP) is 3.74. The van der Waals surface area contributed by atoms with Crippen molar-refractivity contribution in [3.05, 3.63) is 68.1 Å². The van der Waals surface area contributed by atoms with Crippen LogP contribution in [0.5, 0.6) is 0 Å². The smallest absolute Gasteiger partial charge is 0.271 e. The highest BCUT2D eigenvalue weighted by Gasteiger charge is 2.22. The van der Waals surface area contributed by atoms with Crippen LogP contribution in [0, 0.1) is 13.8 Å². The summed E-state index contributed by atoms with van der Waals surface area (Å²) in [6, 6.07) is 9.60. The summed E-state index contributed by atoms with van der Waals surface area (Å²) in [5, 5.41) is 6.73. The van der Waals surface area contributed by atoms with Crippen LogP contribution in [-0.2, 0) is 0 Å². The Hall–Kier alpha value is -2.05. The number of benzene rings is 1. The Bertz CT molecular complexity index is 766. The molecule has 0 spiro atoms. The van der Waals surface area contributed by atoms with E-state index in [0.29, 0.717) is 5.69 Å². The summed E-state index contributed by atoms with van der Waals surface area (Å²) < 4.78 is 0. The number of carbonyl (C=O) groups is 1. The lowest BCUT2D eigenvalue weighted by Crippen LogP contribution is -2.30. The van der Waals surface area contributed by atoms with Crippen molar-refractivity contribution in [2.75, 3.05) is 0 Å². The van der Waals surface area contributed by atoms with E-state index in [1.807, 2.05) is 49.6 Å². The van der Waals surface area contributed by atoms with E-state index in [1.54, 1.807) is 6.20 Å². The molecule has 4 nitrogen and oxygen atoms in total. The molecule has 1 unspecified atom stereocenters. The maximum absolute atomic E-state index is 12.6. The molecule has 0 bridgehead atoms. The van der Waals surface area contributed by atoms with E-state index in [0.717, 1.165) is 20.5 Å². The van der Waals surface area contributed by atoms with Crippen LogP contribution in [0.3, 0.4) is 0 Å². The first-order valence-corrected chi connectivity index (χ1v) is 8.54. The predicted molar refractivity (Wildman–Crippen MR) is 89.5 cm³/mol. The van der Waals surface area contributed by atoms with Crippen molar-refractivity contribution in [3.63, 3.8) is 0 Å². The van der Waals surface area contributed by atoms with Gasteiger partial charge < -0.3 is 5.32 Å². The second-order valence-corrected chi connectivity index (χ2v) is 7.16. The monoisotopic (exact) mass is 329 g/mol. The van der Waals surface area contributed by atoms with Gasteiger partial charge in [-0.05, 0) is 19.4 Å². The first-order chi connectivity index (χ1) is 10.6. The van der Waals surface area contributed by atoms with Gasteiger partial charge in [0.15, 0.2) is 0 Å². The molecule has 0 aliphatic carbocycles. The Morgan fingerprint density at radius 2 is 2.00 bits per heavy atom. The van der Waals surface area contributed by atoms with E-state index in [4.69, 9.17) is 0 Å². The lowest BCUT2D eigenvalue weighted by Gasteiger charge is -2.16. The van der Waals surface area contributed by atoms with Crippen molar-refractivity contribution in [2.45, 2.75) is 19.9 Å². The number of hydrogen-bond donors (Lipinski definition) is 1. The van der Waals surface area contributed by atoms with Gasteiger partial charge >= 0.3 is 0 Å². The quantitative estimate of drug-likeness (QED) is 0.793. The summed E-state index contributed by atoms with van der Waals surface area (Å²) in [5.74, 6) is -0.161. The first-order valence-electron chi connectivity index (χ1n) is 6.84. The summed E-state index contributed by atoms with van der Waals surface area (Å²) in [5.41, 5.74) is 1.51. The Kier molecular flexibility index (Phi) is 4.31. The zero-order valence-electron chi connectivity index (χ0n) is 12.2. The fourth-order valence-electron chi connectivity index (χ4n) is 2.25. The van der Waals surface area contributed by atoms with Crippen molar-refractivity contribution >= 4 is 28.6 Å². The van der Waals surface area contributed by atoms with E-state index in [9.17, 15) is 4.79 Å². The van der Waals surface area contributed by atoms with E-state index < -0.39 is 0 Å². The minimum atomic E-state index is -0.255. The van der Waals surface area contributed by atoms with Crippen LogP contribution in [0.25, 0.3) is 0 Å². The van der Waals surface area contributed by atoms with Crippen molar-refractivity contribution in [1.82, 2.24) is 15.3 Å². The third-order valence-corrected chi connectivity index (χ3v) is 4.95. The van der Waals surface area contributed by atoms with Gasteiger partial charge in [0.25, 0.3) is 5.91 Å². The third kappa shape index (κ3) is 3.08. The van der Waals surface area contributed by atoms with Crippen molar-refractivity contribution in [3.8, 4) is 0 Å². The molecule has 112 valence electrons. The number of hydrogen-bond acceptors (Lipinski definition) is 5. The molecule has 0 fully saturated rings. The van der Waals surface area contributed by atoms with Gasteiger partial charge in [0.1, 0.15) is 16.7 Å². The summed E-state index contributed by atoms with van der Waals surface area (Å²) in [6.45, 7) is 3.82. The molecule has 1 aromatic carbocycles. The number of aryl methyl sites for hydroxylation is 2. The number of thiazole rings is 2. The minimum Gasteiger partial charge on any atom is -0.337 e. The van der Waals surface area contributed by atoms with Crippen LogP contribution in [0.2, 0.25) is 0 Å². The molecular formula is C16H15N3OS2. The topological polar surface area (TPSA) is 54.9 Å². The van der Waals surface area contributed by atoms with Crippen LogP contribution in [0.15, 0.2) is 41.9 Å². The van der Waals surface area contributed by atoms with Gasteiger partial charge in [-0.15, -0.1) is 22.7 Å². The van der Waals surface area contributed by atoms with E-state index >= 15 is 0 Å². The average molecular weight is 329 g/mol. The van der Waals surface area contributed by atoms with Crippen LogP contribution in [-0.4, -0.2) is 15.9 Å². The molecule has 0 saturated heterocycles. The number of aromatic nitrogens is 2. The number of carbonyl (C=O) groups excluding carboxylic acids is 1. The van der Waals surface area contributed by atoms with Crippen molar-refractivity contribution in [1.29, 1.82) is 0 Å². The third-order valence-electron chi connectivity index (χ3n) is 3.23. The summed E-state index contributed by atoms with van der Waals surface area (Å²) in [6.07, 6.45) is 1.75. The number of rotatable bonds is 4. The number of nitrogens with one attached hydrogen (secondary N) is 1. The Morgan fingerprint density at radius 3 is 2.59 bits per heavy atom. The van der Waals surface area contributed by atoms with Gasteiger partial charge in [-0.3, -0.25) is 4.79 Å². The lowest BCUT2D eigenvalue weighted by molar-refractivity contribution is 0.0938. The van der Waals surface area contributed by atoms with Gasteiger partial charge in [-0.25, -0.2) is 9.97 Å². The largest absolute Gasteiger partial charge is 0.337 e. The molecule has 6 heteroatoms. The summed E-state index contributed by atoms with van der Waals surface area (Å²) in [4.78, 5) is 22.2. The van der Waals surface area contributed by atoms with Crippen LogP contribution >= 0.6 is 22.7 Å². The molecule has 1 atom stereocenters. The molecule has 3 rings (SSSR count). The maximum atomic E-state index is 12.6. The first kappa shape index (κ1) is 14.9. The van der Waals surface area contributed by atoms with Crippen LogP contribution in [0.4, 0.5) is 0 Å². The second kappa shape index (κ2) is 6.37. The Morgan fingerprint density at radius 1 is 1.23 bits per heavy atom. The highest BCUT2D eigenvalue weighted by molar-refractivity contribution is 7.11. The molecule has 0 saturated carbocycles. The van der Waals surface area contributed by atoms with E-state index in [2.05, 4.69) is 15.3 Å². The van der Waals surface area contributed by atoms with Crippen molar-refractivity contribution in [2.24, 2.45) is 0 Å². The molecule has 2 heterocycles. The standard InChI is InChI=1S/C16H15N3OS2/c1-10-13(18-11(2)22-10)15(20)19-14(16-17-8-9-21-16)12-6-4-3-5-7-12/h3-9,14H,1-2H3,(H,19,20). The molecule has 2 aromatic heterocycles. The molecule has 0 radical (unpaired) electrons. The van der Waals surface area contributed by atoms with E-state index in [-0.39, 0.29) is 11.9 Å². The molecule has 1 N–H and O–H groups in total. The highest BCUT2D eigenvalue weighted by atomic mass is 32.1. The van der Waals surface area contributed by atoms with Crippen LogP contribution < -0.4 is 5.32 Å². The minimum absolute atomic E-state index is 0.161. The second-order valence-electron chi connectivity index (χ2n) is 4.83. The summed E-state index contributed by atoms with van der Waals surface area (Å²) in [7, 11) is 0. The van der Waals surface area contributed by atoms with Gasteiger partial charge in [0.05, 0.1) is 5.01 Å². The van der Waals surface area contributed by atoms with Gasteiger partial charge in [0.2, 0.25) is 0 Å². The Balaban J connectivity index is 1.91. The fourth-order valence-corrected chi connectivity index (χ4v) is 3.78. The number of amides is 1. The fraction of sp³-hybridized carbons (Fsp3) is 0.188. The highest BCUT2D eigenvalue weighted by Crippen LogP contribution is 2.25. The van der Waals surface area contributed by atoms with Gasteiger partial charge in [0, 0.05) is 16.5 Å².